The van der Waals surface area contributed by atoms with E-state index in [0.29, 0.717) is 18.9 Å². The molecule has 2 unspecified atom stereocenters. The summed E-state index contributed by atoms with van der Waals surface area (Å²) in [6.07, 6.45) is 3.00. The molecule has 2 aliphatic rings. The van der Waals surface area contributed by atoms with Crippen LogP contribution in [0.3, 0.4) is 0 Å². The zero-order chi connectivity index (χ0) is 12.8. The number of ether oxygens (including phenoxy) is 1. The van der Waals surface area contributed by atoms with Crippen LogP contribution in [0.15, 0.2) is 0 Å². The molecule has 0 aliphatic carbocycles. The maximum Gasteiger partial charge on any atom is 0.222 e. The predicted octanol–water partition coefficient (Wildman–Crippen LogP) is -0.177. The maximum absolute atomic E-state index is 11.8. The van der Waals surface area contributed by atoms with Crippen LogP contribution in [0, 0.1) is 5.92 Å². The van der Waals surface area contributed by atoms with Crippen molar-refractivity contribution in [3.8, 4) is 0 Å². The van der Waals surface area contributed by atoms with Gasteiger partial charge in [0, 0.05) is 26.2 Å². The molecule has 0 aromatic carbocycles. The van der Waals surface area contributed by atoms with Gasteiger partial charge >= 0.3 is 0 Å². The van der Waals surface area contributed by atoms with Crippen LogP contribution in [-0.4, -0.2) is 63.3 Å². The van der Waals surface area contributed by atoms with Gasteiger partial charge in [0.05, 0.1) is 19.1 Å². The van der Waals surface area contributed by atoms with Crippen molar-refractivity contribution in [2.24, 2.45) is 5.92 Å². The molecule has 104 valence electrons. The van der Waals surface area contributed by atoms with Crippen LogP contribution in [0.2, 0.25) is 0 Å². The van der Waals surface area contributed by atoms with E-state index in [2.05, 4.69) is 22.6 Å². The molecule has 2 N–H and O–H groups in total. The first-order valence-corrected chi connectivity index (χ1v) is 7.01. The third-order valence-corrected chi connectivity index (χ3v) is 3.73. The van der Waals surface area contributed by atoms with Gasteiger partial charge in [0.1, 0.15) is 0 Å². The first-order chi connectivity index (χ1) is 8.74. The monoisotopic (exact) mass is 255 g/mol. The SMILES string of the molecule is CN1CCCC(CNC(=O)CC2CNCCO2)C1. The molecule has 1 amide bonds. The van der Waals surface area contributed by atoms with Crippen molar-refractivity contribution < 1.29 is 9.53 Å². The molecule has 0 radical (unpaired) electrons. The smallest absolute Gasteiger partial charge is 0.222 e. The first kappa shape index (κ1) is 13.8. The van der Waals surface area contributed by atoms with Gasteiger partial charge in [-0.15, -0.1) is 0 Å². The second-order valence-corrected chi connectivity index (χ2v) is 5.48. The summed E-state index contributed by atoms with van der Waals surface area (Å²) in [4.78, 5) is 14.1. The Kier molecular flexibility index (Phi) is 5.41. The van der Waals surface area contributed by atoms with Gasteiger partial charge in [0.2, 0.25) is 5.91 Å². The molecule has 0 aromatic heterocycles. The molecular formula is C13H25N3O2. The van der Waals surface area contributed by atoms with E-state index >= 15 is 0 Å². The van der Waals surface area contributed by atoms with E-state index in [0.717, 1.165) is 26.2 Å². The second-order valence-electron chi connectivity index (χ2n) is 5.48. The molecule has 0 saturated carbocycles. The third-order valence-electron chi connectivity index (χ3n) is 3.73. The number of nitrogens with one attached hydrogen (secondary N) is 2. The predicted molar refractivity (Wildman–Crippen MR) is 70.5 cm³/mol. The average Bonchev–Trinajstić information content (AvgIpc) is 2.38. The Balaban J connectivity index is 1.61. The number of rotatable bonds is 4. The number of morpholine rings is 1. The van der Waals surface area contributed by atoms with E-state index in [4.69, 9.17) is 4.74 Å². The van der Waals surface area contributed by atoms with Gasteiger partial charge in [-0.3, -0.25) is 4.79 Å². The van der Waals surface area contributed by atoms with Crippen LogP contribution < -0.4 is 10.6 Å². The van der Waals surface area contributed by atoms with Crippen molar-refractivity contribution in [1.29, 1.82) is 0 Å². The lowest BCUT2D eigenvalue weighted by Gasteiger charge is -2.30. The molecule has 2 heterocycles. The third kappa shape index (κ3) is 4.55. The zero-order valence-electron chi connectivity index (χ0n) is 11.3. The lowest BCUT2D eigenvalue weighted by Crippen LogP contribution is -2.43. The Bertz CT molecular complexity index is 267. The van der Waals surface area contributed by atoms with Gasteiger partial charge in [-0.1, -0.05) is 0 Å². The van der Waals surface area contributed by atoms with E-state index in [1.807, 2.05) is 0 Å². The minimum Gasteiger partial charge on any atom is -0.375 e. The van der Waals surface area contributed by atoms with Crippen molar-refractivity contribution in [2.45, 2.75) is 25.4 Å². The highest BCUT2D eigenvalue weighted by molar-refractivity contribution is 5.76. The minimum absolute atomic E-state index is 0.0489. The van der Waals surface area contributed by atoms with Crippen molar-refractivity contribution in [1.82, 2.24) is 15.5 Å². The summed E-state index contributed by atoms with van der Waals surface area (Å²) in [7, 11) is 2.15. The molecule has 2 rings (SSSR count). The molecule has 5 heteroatoms. The van der Waals surface area contributed by atoms with Gasteiger partial charge < -0.3 is 20.3 Å². The van der Waals surface area contributed by atoms with Crippen LogP contribution in [-0.2, 0) is 9.53 Å². The van der Waals surface area contributed by atoms with Crippen molar-refractivity contribution in [2.75, 3.05) is 46.4 Å². The summed E-state index contributed by atoms with van der Waals surface area (Å²) in [5.74, 6) is 0.732. The number of carbonyl (C=O) groups excluding carboxylic acids is 1. The summed E-state index contributed by atoms with van der Waals surface area (Å²) in [5.41, 5.74) is 0. The normalized spacial score (nSPS) is 30.1. The summed E-state index contributed by atoms with van der Waals surface area (Å²) in [6, 6.07) is 0. The molecule has 2 saturated heterocycles. The van der Waals surface area contributed by atoms with Crippen LogP contribution in [0.25, 0.3) is 0 Å². The van der Waals surface area contributed by atoms with Gasteiger partial charge in [0.25, 0.3) is 0 Å². The molecule has 2 fully saturated rings. The summed E-state index contributed by atoms with van der Waals surface area (Å²) in [6.45, 7) is 5.49. The standard InChI is InChI=1S/C13H25N3O2/c1-16-5-2-3-11(10-16)8-15-13(17)7-12-9-14-4-6-18-12/h11-12,14H,2-10H2,1H3,(H,15,17). The van der Waals surface area contributed by atoms with E-state index in [1.165, 1.54) is 19.4 Å². The minimum atomic E-state index is 0.0489. The molecular weight excluding hydrogens is 230 g/mol. The first-order valence-electron chi connectivity index (χ1n) is 7.01. The van der Waals surface area contributed by atoms with E-state index in [1.54, 1.807) is 0 Å². The highest BCUT2D eigenvalue weighted by atomic mass is 16.5. The van der Waals surface area contributed by atoms with Gasteiger partial charge in [-0.05, 0) is 32.4 Å². The Morgan fingerprint density at radius 1 is 1.56 bits per heavy atom. The largest absolute Gasteiger partial charge is 0.375 e. The Hall–Kier alpha value is -0.650. The van der Waals surface area contributed by atoms with Crippen molar-refractivity contribution in [3.63, 3.8) is 0 Å². The fraction of sp³-hybridized carbons (Fsp3) is 0.923. The number of amides is 1. The Labute approximate surface area is 109 Å². The maximum atomic E-state index is 11.8. The highest BCUT2D eigenvalue weighted by Gasteiger charge is 2.20. The van der Waals surface area contributed by atoms with Crippen LogP contribution in [0.4, 0.5) is 0 Å². The molecule has 18 heavy (non-hydrogen) atoms. The fourth-order valence-electron chi connectivity index (χ4n) is 2.73. The molecule has 0 spiro atoms. The molecule has 2 atom stereocenters. The molecule has 5 nitrogen and oxygen atoms in total. The summed E-state index contributed by atoms with van der Waals surface area (Å²) in [5, 5.41) is 6.29. The second kappa shape index (κ2) is 7.07. The number of carbonyl (C=O) groups is 1. The lowest BCUT2D eigenvalue weighted by molar-refractivity contribution is -0.124. The van der Waals surface area contributed by atoms with E-state index < -0.39 is 0 Å². The van der Waals surface area contributed by atoms with E-state index in [9.17, 15) is 4.79 Å². The Morgan fingerprint density at radius 2 is 2.44 bits per heavy atom. The van der Waals surface area contributed by atoms with Gasteiger partial charge in [-0.25, -0.2) is 0 Å². The van der Waals surface area contributed by atoms with Crippen LogP contribution in [0.1, 0.15) is 19.3 Å². The number of hydrogen-bond acceptors (Lipinski definition) is 4. The number of piperidine rings is 1. The van der Waals surface area contributed by atoms with Gasteiger partial charge in [0.15, 0.2) is 0 Å². The topological polar surface area (TPSA) is 53.6 Å². The quantitative estimate of drug-likeness (QED) is 0.732. The highest BCUT2D eigenvalue weighted by Crippen LogP contribution is 2.14. The zero-order valence-corrected chi connectivity index (χ0v) is 11.3. The van der Waals surface area contributed by atoms with Crippen molar-refractivity contribution in [3.05, 3.63) is 0 Å². The molecule has 0 bridgehead atoms. The van der Waals surface area contributed by atoms with Crippen molar-refractivity contribution >= 4 is 5.91 Å². The van der Waals surface area contributed by atoms with Crippen LogP contribution in [0.5, 0.6) is 0 Å². The molecule has 2 aliphatic heterocycles. The fourth-order valence-corrected chi connectivity index (χ4v) is 2.73. The summed E-state index contributed by atoms with van der Waals surface area (Å²) >= 11 is 0. The van der Waals surface area contributed by atoms with E-state index in [-0.39, 0.29) is 12.0 Å². The number of hydrogen-bond donors (Lipinski definition) is 2. The Morgan fingerprint density at radius 3 is 3.17 bits per heavy atom. The lowest BCUT2D eigenvalue weighted by atomic mass is 9.98. The number of likely N-dealkylation sites (tertiary alicyclic amines) is 1. The number of nitrogens with zero attached hydrogens (tertiary/aromatic N) is 1. The summed E-state index contributed by atoms with van der Waals surface area (Å²) < 4.78 is 5.53. The average molecular weight is 255 g/mol. The molecule has 0 aromatic rings. The van der Waals surface area contributed by atoms with Crippen LogP contribution >= 0.6 is 0 Å². The van der Waals surface area contributed by atoms with Gasteiger partial charge in [-0.2, -0.15) is 0 Å².